The lowest BCUT2D eigenvalue weighted by molar-refractivity contribution is 0.119. The Morgan fingerprint density at radius 2 is 2.00 bits per heavy atom. The van der Waals surface area contributed by atoms with Gasteiger partial charge in [-0.25, -0.2) is 0 Å². The van der Waals surface area contributed by atoms with Crippen LogP contribution in [-0.2, 0) is 6.42 Å². The fraction of sp³-hybridized carbons (Fsp3) is 0.571. The number of hydrogen-bond acceptors (Lipinski definition) is 2. The fourth-order valence-corrected chi connectivity index (χ4v) is 2.77. The van der Waals surface area contributed by atoms with Crippen LogP contribution in [0.3, 0.4) is 0 Å². The van der Waals surface area contributed by atoms with Crippen LogP contribution in [0.4, 0.5) is 0 Å². The summed E-state index contributed by atoms with van der Waals surface area (Å²) in [4.78, 5) is 2.58. The van der Waals surface area contributed by atoms with Gasteiger partial charge >= 0.3 is 0 Å². The number of rotatable bonds is 3. The lowest BCUT2D eigenvalue weighted by Crippen LogP contribution is -2.55. The van der Waals surface area contributed by atoms with Gasteiger partial charge in [-0.2, -0.15) is 0 Å². The standard InChI is InChI=1S/C14H21ClN2/c1-11-9-16-10-12(2)17(11)7-6-13-4-3-5-14(15)8-13/h3-5,8,11-12,16H,6-7,9-10H2,1-2H3. The van der Waals surface area contributed by atoms with Crippen molar-refractivity contribution in [1.82, 2.24) is 10.2 Å². The summed E-state index contributed by atoms with van der Waals surface area (Å²) in [5.74, 6) is 0. The van der Waals surface area contributed by atoms with Crippen LogP contribution < -0.4 is 5.32 Å². The summed E-state index contributed by atoms with van der Waals surface area (Å²) in [7, 11) is 0. The van der Waals surface area contributed by atoms with Crippen LogP contribution in [0.2, 0.25) is 5.02 Å². The van der Waals surface area contributed by atoms with Crippen LogP contribution in [0.25, 0.3) is 0 Å². The summed E-state index contributed by atoms with van der Waals surface area (Å²) in [6.07, 6.45) is 1.08. The number of halogens is 1. The predicted octanol–water partition coefficient (Wildman–Crippen LogP) is 2.56. The molecule has 3 heteroatoms. The maximum absolute atomic E-state index is 6.00. The fourth-order valence-electron chi connectivity index (χ4n) is 2.56. The van der Waals surface area contributed by atoms with Gasteiger partial charge in [0.05, 0.1) is 0 Å². The highest BCUT2D eigenvalue weighted by molar-refractivity contribution is 6.30. The van der Waals surface area contributed by atoms with Crippen LogP contribution in [-0.4, -0.2) is 36.6 Å². The van der Waals surface area contributed by atoms with E-state index >= 15 is 0 Å². The summed E-state index contributed by atoms with van der Waals surface area (Å²) in [6, 6.07) is 9.43. The van der Waals surface area contributed by atoms with Gasteiger partial charge in [0, 0.05) is 36.7 Å². The van der Waals surface area contributed by atoms with E-state index in [1.165, 1.54) is 5.56 Å². The zero-order valence-electron chi connectivity index (χ0n) is 10.6. The van der Waals surface area contributed by atoms with E-state index in [4.69, 9.17) is 11.6 Å². The molecule has 1 aromatic carbocycles. The van der Waals surface area contributed by atoms with Crippen molar-refractivity contribution in [2.24, 2.45) is 0 Å². The summed E-state index contributed by atoms with van der Waals surface area (Å²) in [6.45, 7) is 7.89. The first-order valence-corrected chi connectivity index (χ1v) is 6.75. The molecule has 2 rings (SSSR count). The Bertz CT molecular complexity index is 357. The molecule has 94 valence electrons. The molecule has 1 heterocycles. The van der Waals surface area contributed by atoms with Crippen molar-refractivity contribution in [1.29, 1.82) is 0 Å². The molecule has 0 saturated carbocycles. The highest BCUT2D eigenvalue weighted by Gasteiger charge is 2.23. The third-order valence-corrected chi connectivity index (χ3v) is 3.79. The molecule has 2 nitrogen and oxygen atoms in total. The second kappa shape index (κ2) is 5.85. The Morgan fingerprint density at radius 1 is 1.29 bits per heavy atom. The van der Waals surface area contributed by atoms with Gasteiger partial charge in [0.15, 0.2) is 0 Å². The molecule has 0 aromatic heterocycles. The van der Waals surface area contributed by atoms with E-state index in [0.29, 0.717) is 12.1 Å². The molecule has 2 atom stereocenters. The zero-order valence-corrected chi connectivity index (χ0v) is 11.4. The molecule has 1 aromatic rings. The molecule has 1 aliphatic heterocycles. The molecular formula is C14H21ClN2. The number of benzene rings is 1. The van der Waals surface area contributed by atoms with Crippen molar-refractivity contribution < 1.29 is 0 Å². The average molecular weight is 253 g/mol. The molecular weight excluding hydrogens is 232 g/mol. The topological polar surface area (TPSA) is 15.3 Å². The van der Waals surface area contributed by atoms with Crippen molar-refractivity contribution in [2.75, 3.05) is 19.6 Å². The van der Waals surface area contributed by atoms with E-state index in [-0.39, 0.29) is 0 Å². The first-order valence-electron chi connectivity index (χ1n) is 6.37. The molecule has 1 N–H and O–H groups in total. The van der Waals surface area contributed by atoms with E-state index in [2.05, 4.69) is 36.2 Å². The van der Waals surface area contributed by atoms with E-state index < -0.39 is 0 Å². The van der Waals surface area contributed by atoms with Crippen LogP contribution in [0.1, 0.15) is 19.4 Å². The third-order valence-electron chi connectivity index (χ3n) is 3.56. The predicted molar refractivity (Wildman–Crippen MR) is 73.7 cm³/mol. The van der Waals surface area contributed by atoms with Crippen molar-refractivity contribution in [3.63, 3.8) is 0 Å². The Hall–Kier alpha value is -0.570. The van der Waals surface area contributed by atoms with Crippen molar-refractivity contribution in [3.05, 3.63) is 34.9 Å². The molecule has 1 aliphatic rings. The molecule has 1 fully saturated rings. The number of hydrogen-bond donors (Lipinski definition) is 1. The second-order valence-corrected chi connectivity index (χ2v) is 5.41. The molecule has 1 saturated heterocycles. The van der Waals surface area contributed by atoms with Crippen LogP contribution in [0.5, 0.6) is 0 Å². The Labute approximate surface area is 109 Å². The Kier molecular flexibility index (Phi) is 4.43. The lowest BCUT2D eigenvalue weighted by atomic mass is 10.1. The summed E-state index contributed by atoms with van der Waals surface area (Å²) >= 11 is 6.00. The highest BCUT2D eigenvalue weighted by Crippen LogP contribution is 2.14. The number of nitrogens with one attached hydrogen (secondary N) is 1. The van der Waals surface area contributed by atoms with Gasteiger partial charge in [-0.3, -0.25) is 4.90 Å². The van der Waals surface area contributed by atoms with E-state index in [1.807, 2.05) is 12.1 Å². The van der Waals surface area contributed by atoms with Gasteiger partial charge in [-0.1, -0.05) is 23.7 Å². The Morgan fingerprint density at radius 3 is 2.65 bits per heavy atom. The van der Waals surface area contributed by atoms with E-state index in [1.54, 1.807) is 0 Å². The van der Waals surface area contributed by atoms with Crippen LogP contribution >= 0.6 is 11.6 Å². The molecule has 0 bridgehead atoms. The maximum Gasteiger partial charge on any atom is 0.0408 e. The first-order chi connectivity index (χ1) is 8.16. The minimum Gasteiger partial charge on any atom is -0.314 e. The molecule has 17 heavy (non-hydrogen) atoms. The summed E-state index contributed by atoms with van der Waals surface area (Å²) in [5.41, 5.74) is 1.33. The minimum absolute atomic E-state index is 0.623. The summed E-state index contributed by atoms with van der Waals surface area (Å²) < 4.78 is 0. The quantitative estimate of drug-likeness (QED) is 0.890. The van der Waals surface area contributed by atoms with Gasteiger partial charge in [0.1, 0.15) is 0 Å². The molecule has 0 spiro atoms. The smallest absolute Gasteiger partial charge is 0.0408 e. The van der Waals surface area contributed by atoms with Gasteiger partial charge in [0.2, 0.25) is 0 Å². The minimum atomic E-state index is 0.623. The second-order valence-electron chi connectivity index (χ2n) is 4.97. The largest absolute Gasteiger partial charge is 0.314 e. The van der Waals surface area contributed by atoms with Gasteiger partial charge in [0.25, 0.3) is 0 Å². The van der Waals surface area contributed by atoms with Gasteiger partial charge < -0.3 is 5.32 Å². The molecule has 0 radical (unpaired) electrons. The van der Waals surface area contributed by atoms with Gasteiger partial charge in [-0.15, -0.1) is 0 Å². The molecule has 2 unspecified atom stereocenters. The molecule has 0 amide bonds. The van der Waals surface area contributed by atoms with Crippen LogP contribution in [0, 0.1) is 0 Å². The third kappa shape index (κ3) is 3.44. The maximum atomic E-state index is 6.00. The monoisotopic (exact) mass is 252 g/mol. The average Bonchev–Trinajstić information content (AvgIpc) is 2.28. The lowest BCUT2D eigenvalue weighted by Gasteiger charge is -2.39. The SMILES string of the molecule is CC1CNCC(C)N1CCc1cccc(Cl)c1. The number of piperazine rings is 1. The normalized spacial score (nSPS) is 26.1. The van der Waals surface area contributed by atoms with Crippen molar-refractivity contribution >= 4 is 11.6 Å². The van der Waals surface area contributed by atoms with Crippen molar-refractivity contribution in [3.8, 4) is 0 Å². The van der Waals surface area contributed by atoms with Crippen molar-refractivity contribution in [2.45, 2.75) is 32.4 Å². The number of nitrogens with zero attached hydrogens (tertiary/aromatic N) is 1. The first kappa shape index (κ1) is 12.9. The highest BCUT2D eigenvalue weighted by atomic mass is 35.5. The van der Waals surface area contributed by atoms with Gasteiger partial charge in [-0.05, 0) is 38.0 Å². The Balaban J connectivity index is 1.92. The molecule has 0 aliphatic carbocycles. The zero-order chi connectivity index (χ0) is 12.3. The van der Waals surface area contributed by atoms with E-state index in [9.17, 15) is 0 Å². The summed E-state index contributed by atoms with van der Waals surface area (Å²) in [5, 5.41) is 4.30. The van der Waals surface area contributed by atoms with Crippen LogP contribution in [0.15, 0.2) is 24.3 Å². The van der Waals surface area contributed by atoms with E-state index in [0.717, 1.165) is 31.1 Å².